The lowest BCUT2D eigenvalue weighted by molar-refractivity contribution is 0.367. The van der Waals surface area contributed by atoms with Crippen LogP contribution in [0, 0.1) is 5.41 Å². The maximum absolute atomic E-state index is 7.09. The molecule has 0 aliphatic heterocycles. The van der Waals surface area contributed by atoms with Crippen LogP contribution in [0.5, 0.6) is 0 Å². The van der Waals surface area contributed by atoms with Gasteiger partial charge in [-0.1, -0.05) is 6.08 Å². The van der Waals surface area contributed by atoms with Crippen molar-refractivity contribution in [1.29, 1.82) is 5.41 Å². The zero-order valence-corrected chi connectivity index (χ0v) is 8.22. The minimum Gasteiger partial charge on any atom is -0.318 e. The van der Waals surface area contributed by atoms with Gasteiger partial charge in [-0.2, -0.15) is 0 Å². The van der Waals surface area contributed by atoms with Crippen LogP contribution in [-0.4, -0.2) is 44.8 Å². The van der Waals surface area contributed by atoms with E-state index < -0.39 is 0 Å². The molecule has 0 rings (SSSR count). The molecule has 0 saturated heterocycles. The molecule has 0 bridgehead atoms. The standard InChI is InChI=1S/C9H19N3/c1-4-9(7-10)8-12(3)6-5-11-2/h4,7,10-11H,5-6,8H2,1-3H3/b9-4+,10-7?. The van der Waals surface area contributed by atoms with E-state index in [-0.39, 0.29) is 0 Å². The Hall–Kier alpha value is -0.670. The molecular formula is C9H19N3. The number of rotatable bonds is 6. The van der Waals surface area contributed by atoms with E-state index >= 15 is 0 Å². The molecule has 0 fully saturated rings. The maximum atomic E-state index is 7.09. The van der Waals surface area contributed by atoms with Crippen LogP contribution < -0.4 is 5.32 Å². The highest BCUT2D eigenvalue weighted by Crippen LogP contribution is 1.92. The van der Waals surface area contributed by atoms with Gasteiger partial charge in [-0.05, 0) is 26.6 Å². The first-order chi connectivity index (χ1) is 5.74. The second-order valence-electron chi connectivity index (χ2n) is 2.85. The van der Waals surface area contributed by atoms with Crippen LogP contribution in [0.4, 0.5) is 0 Å². The van der Waals surface area contributed by atoms with Crippen molar-refractivity contribution in [1.82, 2.24) is 10.2 Å². The molecule has 0 saturated carbocycles. The predicted octanol–water partition coefficient (Wildman–Crippen LogP) is 0.733. The van der Waals surface area contributed by atoms with Gasteiger partial charge in [0.05, 0.1) is 0 Å². The van der Waals surface area contributed by atoms with Gasteiger partial charge in [-0.3, -0.25) is 0 Å². The summed E-state index contributed by atoms with van der Waals surface area (Å²) in [6, 6.07) is 0. The molecule has 0 unspecified atom stereocenters. The zero-order chi connectivity index (χ0) is 9.40. The highest BCUT2D eigenvalue weighted by molar-refractivity contribution is 5.75. The Labute approximate surface area is 75.0 Å². The monoisotopic (exact) mass is 169 g/mol. The summed E-state index contributed by atoms with van der Waals surface area (Å²) in [5.74, 6) is 0. The molecule has 0 atom stereocenters. The van der Waals surface area contributed by atoms with Crippen LogP contribution in [0.1, 0.15) is 6.92 Å². The van der Waals surface area contributed by atoms with E-state index in [9.17, 15) is 0 Å². The Morgan fingerprint density at radius 1 is 1.58 bits per heavy atom. The molecule has 0 aromatic heterocycles. The smallest absolute Gasteiger partial charge is 0.0242 e. The predicted molar refractivity (Wildman–Crippen MR) is 54.0 cm³/mol. The van der Waals surface area contributed by atoms with Gasteiger partial charge in [0.1, 0.15) is 0 Å². The zero-order valence-electron chi connectivity index (χ0n) is 8.22. The highest BCUT2D eigenvalue weighted by Gasteiger charge is 1.98. The Bertz CT molecular complexity index is 152. The molecule has 0 amide bonds. The first-order valence-electron chi connectivity index (χ1n) is 4.23. The summed E-state index contributed by atoms with van der Waals surface area (Å²) in [4.78, 5) is 2.19. The molecular weight excluding hydrogens is 150 g/mol. The van der Waals surface area contributed by atoms with Gasteiger partial charge < -0.3 is 15.6 Å². The minimum absolute atomic E-state index is 0.863. The molecule has 3 nitrogen and oxygen atoms in total. The van der Waals surface area contributed by atoms with Crippen molar-refractivity contribution in [3.05, 3.63) is 11.6 Å². The highest BCUT2D eigenvalue weighted by atomic mass is 15.1. The third kappa shape index (κ3) is 5.04. The molecule has 0 aliphatic carbocycles. The second kappa shape index (κ2) is 7.00. The summed E-state index contributed by atoms with van der Waals surface area (Å²) in [6.45, 7) is 4.83. The van der Waals surface area contributed by atoms with Crippen molar-refractivity contribution >= 4 is 6.21 Å². The Kier molecular flexibility index (Phi) is 6.61. The Morgan fingerprint density at radius 3 is 2.67 bits per heavy atom. The minimum atomic E-state index is 0.863. The largest absolute Gasteiger partial charge is 0.318 e. The summed E-state index contributed by atoms with van der Waals surface area (Å²) in [6.07, 6.45) is 3.39. The third-order valence-corrected chi connectivity index (χ3v) is 1.75. The Morgan fingerprint density at radius 2 is 2.25 bits per heavy atom. The molecule has 0 heterocycles. The lowest BCUT2D eigenvalue weighted by Crippen LogP contribution is -2.29. The van der Waals surface area contributed by atoms with E-state index in [0.717, 1.165) is 25.2 Å². The van der Waals surface area contributed by atoms with E-state index in [1.54, 1.807) is 0 Å². The lowest BCUT2D eigenvalue weighted by atomic mass is 10.2. The topological polar surface area (TPSA) is 39.1 Å². The van der Waals surface area contributed by atoms with Gasteiger partial charge >= 0.3 is 0 Å². The van der Waals surface area contributed by atoms with Gasteiger partial charge in [0.15, 0.2) is 0 Å². The molecule has 0 aromatic carbocycles. The quantitative estimate of drug-likeness (QED) is 0.575. The van der Waals surface area contributed by atoms with E-state index in [2.05, 4.69) is 17.3 Å². The van der Waals surface area contributed by atoms with Crippen LogP contribution in [0.2, 0.25) is 0 Å². The maximum Gasteiger partial charge on any atom is 0.0242 e. The number of likely N-dealkylation sites (N-methyl/N-ethyl adjacent to an activating group) is 2. The summed E-state index contributed by atoms with van der Waals surface area (Å²) >= 11 is 0. The van der Waals surface area contributed by atoms with Crippen molar-refractivity contribution in [2.45, 2.75) is 6.92 Å². The average Bonchev–Trinajstić information content (AvgIpc) is 2.10. The van der Waals surface area contributed by atoms with Gasteiger partial charge in [0, 0.05) is 25.8 Å². The molecule has 12 heavy (non-hydrogen) atoms. The van der Waals surface area contributed by atoms with Gasteiger partial charge in [0.25, 0.3) is 0 Å². The summed E-state index contributed by atoms with van der Waals surface area (Å²) in [7, 11) is 4.01. The van der Waals surface area contributed by atoms with E-state index in [0.29, 0.717) is 0 Å². The summed E-state index contributed by atoms with van der Waals surface area (Å²) < 4.78 is 0. The number of nitrogens with zero attached hydrogens (tertiary/aromatic N) is 1. The Balaban J connectivity index is 3.66. The second-order valence-corrected chi connectivity index (χ2v) is 2.85. The fourth-order valence-corrected chi connectivity index (χ4v) is 0.914. The van der Waals surface area contributed by atoms with Gasteiger partial charge in [0.2, 0.25) is 0 Å². The van der Waals surface area contributed by atoms with Crippen LogP contribution in [-0.2, 0) is 0 Å². The lowest BCUT2D eigenvalue weighted by Gasteiger charge is -2.16. The molecule has 0 radical (unpaired) electrons. The third-order valence-electron chi connectivity index (χ3n) is 1.75. The molecule has 0 aromatic rings. The van der Waals surface area contributed by atoms with E-state index in [1.165, 1.54) is 6.21 Å². The summed E-state index contributed by atoms with van der Waals surface area (Å²) in [5.41, 5.74) is 1.06. The van der Waals surface area contributed by atoms with Crippen molar-refractivity contribution in [3.63, 3.8) is 0 Å². The van der Waals surface area contributed by atoms with Crippen LogP contribution >= 0.6 is 0 Å². The molecule has 2 N–H and O–H groups in total. The van der Waals surface area contributed by atoms with Crippen molar-refractivity contribution in [2.75, 3.05) is 33.7 Å². The number of nitrogens with one attached hydrogen (secondary N) is 2. The average molecular weight is 169 g/mol. The normalized spacial score (nSPS) is 12.2. The van der Waals surface area contributed by atoms with E-state index in [1.807, 2.05) is 20.0 Å². The van der Waals surface area contributed by atoms with Crippen molar-refractivity contribution in [2.24, 2.45) is 0 Å². The molecule has 3 heteroatoms. The van der Waals surface area contributed by atoms with E-state index in [4.69, 9.17) is 5.41 Å². The fraction of sp³-hybridized carbons (Fsp3) is 0.667. The molecule has 0 spiro atoms. The summed E-state index contributed by atoms with van der Waals surface area (Å²) in [5, 5.41) is 10.2. The van der Waals surface area contributed by atoms with Crippen LogP contribution in [0.3, 0.4) is 0 Å². The first-order valence-corrected chi connectivity index (χ1v) is 4.23. The first kappa shape index (κ1) is 11.3. The number of allylic oxidation sites excluding steroid dienone is 1. The fourth-order valence-electron chi connectivity index (χ4n) is 0.914. The van der Waals surface area contributed by atoms with Crippen molar-refractivity contribution in [3.8, 4) is 0 Å². The van der Waals surface area contributed by atoms with Crippen molar-refractivity contribution < 1.29 is 0 Å². The van der Waals surface area contributed by atoms with Crippen LogP contribution in [0.25, 0.3) is 0 Å². The van der Waals surface area contributed by atoms with Gasteiger partial charge in [-0.15, -0.1) is 0 Å². The SMILES string of the molecule is C/C=C(\C=N)CN(C)CCNC. The van der Waals surface area contributed by atoms with Gasteiger partial charge in [-0.25, -0.2) is 0 Å². The number of hydrogen-bond donors (Lipinski definition) is 2. The number of hydrogen-bond acceptors (Lipinski definition) is 3. The molecule has 0 aliphatic rings. The van der Waals surface area contributed by atoms with Crippen LogP contribution in [0.15, 0.2) is 11.6 Å². The molecule has 70 valence electrons.